The maximum Gasteiger partial charge on any atom is 0.253 e. The minimum atomic E-state index is -0.126. The number of nitrogens with zero attached hydrogens (tertiary/aromatic N) is 2. The van der Waals surface area contributed by atoms with Crippen LogP contribution in [0.5, 0.6) is 5.75 Å². The monoisotopic (exact) mass is 327 g/mol. The molecular weight excluding hydrogens is 310 g/mol. The largest absolute Gasteiger partial charge is 0.497 e. The van der Waals surface area contributed by atoms with Crippen molar-refractivity contribution in [1.82, 2.24) is 15.3 Å². The number of aryl methyl sites for hydroxylation is 2. The van der Waals surface area contributed by atoms with Gasteiger partial charge in [0, 0.05) is 22.5 Å². The Kier molecular flexibility index (Phi) is 4.25. The van der Waals surface area contributed by atoms with Crippen LogP contribution in [0.3, 0.4) is 0 Å². The number of methoxy groups -OCH3 is 1. The molecule has 118 valence electrons. The fourth-order valence-corrected chi connectivity index (χ4v) is 3.08. The minimum Gasteiger partial charge on any atom is -0.497 e. The number of ether oxygens (including phenoxy) is 1. The molecule has 0 aliphatic rings. The average Bonchev–Trinajstić information content (AvgIpc) is 2.96. The number of hydrogen-bond donors (Lipinski definition) is 1. The van der Waals surface area contributed by atoms with Crippen molar-refractivity contribution in [3.05, 3.63) is 51.6 Å². The third-order valence-corrected chi connectivity index (χ3v) is 4.47. The van der Waals surface area contributed by atoms with E-state index < -0.39 is 0 Å². The van der Waals surface area contributed by atoms with Crippen LogP contribution in [0, 0.1) is 13.8 Å². The summed E-state index contributed by atoms with van der Waals surface area (Å²) in [5, 5.41) is 4.83. The van der Waals surface area contributed by atoms with Crippen LogP contribution in [-0.2, 0) is 6.54 Å². The number of hydrogen-bond acceptors (Lipinski definition) is 5. The van der Waals surface area contributed by atoms with Gasteiger partial charge in [-0.2, -0.15) is 0 Å². The molecule has 0 saturated heterocycles. The van der Waals surface area contributed by atoms with Crippen molar-refractivity contribution < 1.29 is 9.53 Å². The van der Waals surface area contributed by atoms with Gasteiger partial charge in [0.05, 0.1) is 35.4 Å². The summed E-state index contributed by atoms with van der Waals surface area (Å²) in [6, 6.07) is 7.50. The van der Waals surface area contributed by atoms with Gasteiger partial charge in [-0.3, -0.25) is 9.78 Å². The number of benzene rings is 1. The normalized spacial score (nSPS) is 10.7. The summed E-state index contributed by atoms with van der Waals surface area (Å²) in [4.78, 5) is 22.2. The van der Waals surface area contributed by atoms with Crippen LogP contribution in [0.4, 0.5) is 0 Å². The van der Waals surface area contributed by atoms with Gasteiger partial charge >= 0.3 is 0 Å². The quantitative estimate of drug-likeness (QED) is 0.799. The summed E-state index contributed by atoms with van der Waals surface area (Å²) in [7, 11) is 1.62. The Morgan fingerprint density at radius 2 is 2.13 bits per heavy atom. The van der Waals surface area contributed by atoms with Gasteiger partial charge in [-0.25, -0.2) is 4.98 Å². The van der Waals surface area contributed by atoms with Crippen LogP contribution in [0.25, 0.3) is 10.9 Å². The third kappa shape index (κ3) is 3.32. The number of rotatable bonds is 4. The second-order valence-electron chi connectivity index (χ2n) is 5.21. The lowest BCUT2D eigenvalue weighted by Crippen LogP contribution is -2.23. The van der Waals surface area contributed by atoms with Gasteiger partial charge < -0.3 is 10.1 Å². The highest BCUT2D eigenvalue weighted by Crippen LogP contribution is 2.22. The van der Waals surface area contributed by atoms with Crippen molar-refractivity contribution in [2.45, 2.75) is 20.4 Å². The van der Waals surface area contributed by atoms with Crippen molar-refractivity contribution in [2.75, 3.05) is 7.11 Å². The van der Waals surface area contributed by atoms with Crippen LogP contribution in [-0.4, -0.2) is 23.0 Å². The van der Waals surface area contributed by atoms with Crippen molar-refractivity contribution in [2.24, 2.45) is 0 Å². The Bertz CT molecular complexity index is 873. The van der Waals surface area contributed by atoms with Crippen LogP contribution in [0.15, 0.2) is 30.5 Å². The smallest absolute Gasteiger partial charge is 0.253 e. The lowest BCUT2D eigenvalue weighted by atomic mass is 10.1. The highest BCUT2D eigenvalue weighted by Gasteiger charge is 2.12. The molecule has 6 heteroatoms. The summed E-state index contributed by atoms with van der Waals surface area (Å²) in [5.74, 6) is 0.626. The first-order valence-electron chi connectivity index (χ1n) is 7.21. The van der Waals surface area contributed by atoms with Gasteiger partial charge in [0.1, 0.15) is 5.75 Å². The van der Waals surface area contributed by atoms with Crippen molar-refractivity contribution in [3.63, 3.8) is 0 Å². The SMILES string of the molecule is COc1ccc2cc(C(=O)NCc3cnc(C)s3)c(C)nc2c1. The van der Waals surface area contributed by atoms with Gasteiger partial charge in [-0.05, 0) is 32.0 Å². The van der Waals surface area contributed by atoms with E-state index in [9.17, 15) is 4.79 Å². The van der Waals surface area contributed by atoms with Crippen molar-refractivity contribution in [3.8, 4) is 5.75 Å². The predicted molar refractivity (Wildman–Crippen MR) is 91.1 cm³/mol. The number of pyridine rings is 1. The minimum absolute atomic E-state index is 0.126. The number of aromatic nitrogens is 2. The van der Waals surface area contributed by atoms with Gasteiger partial charge in [0.25, 0.3) is 5.91 Å². The van der Waals surface area contributed by atoms with E-state index in [1.54, 1.807) is 24.6 Å². The van der Waals surface area contributed by atoms with E-state index in [1.165, 1.54) is 0 Å². The van der Waals surface area contributed by atoms with E-state index in [2.05, 4.69) is 15.3 Å². The number of carbonyl (C=O) groups excluding carboxylic acids is 1. The van der Waals surface area contributed by atoms with Crippen LogP contribution < -0.4 is 10.1 Å². The Hall–Kier alpha value is -2.47. The second-order valence-corrected chi connectivity index (χ2v) is 6.53. The highest BCUT2D eigenvalue weighted by atomic mass is 32.1. The summed E-state index contributed by atoms with van der Waals surface area (Å²) in [6.45, 7) is 4.26. The molecule has 0 fully saturated rings. The first-order valence-corrected chi connectivity index (χ1v) is 8.03. The van der Waals surface area contributed by atoms with Gasteiger partial charge in [-0.15, -0.1) is 11.3 Å². The molecule has 0 saturated carbocycles. The molecule has 1 N–H and O–H groups in total. The van der Waals surface area contributed by atoms with Gasteiger partial charge in [0.15, 0.2) is 0 Å². The maximum atomic E-state index is 12.4. The molecule has 23 heavy (non-hydrogen) atoms. The third-order valence-electron chi connectivity index (χ3n) is 3.55. The number of thiazole rings is 1. The predicted octanol–water partition coefficient (Wildman–Crippen LogP) is 3.25. The zero-order valence-corrected chi connectivity index (χ0v) is 14.0. The Morgan fingerprint density at radius 3 is 2.83 bits per heavy atom. The molecule has 3 aromatic rings. The summed E-state index contributed by atoms with van der Waals surface area (Å²) in [5.41, 5.74) is 2.10. The highest BCUT2D eigenvalue weighted by molar-refractivity contribution is 7.11. The van der Waals surface area contributed by atoms with Crippen LogP contribution in [0.2, 0.25) is 0 Å². The van der Waals surface area contributed by atoms with E-state index in [0.29, 0.717) is 17.8 Å². The van der Waals surface area contributed by atoms with E-state index >= 15 is 0 Å². The molecular formula is C17H17N3O2S. The summed E-state index contributed by atoms with van der Waals surface area (Å²) >= 11 is 1.58. The molecule has 0 radical (unpaired) electrons. The molecule has 1 aromatic carbocycles. The zero-order chi connectivity index (χ0) is 16.4. The fraction of sp³-hybridized carbons (Fsp3) is 0.235. The first kappa shape index (κ1) is 15.4. The summed E-state index contributed by atoms with van der Waals surface area (Å²) in [6.07, 6.45) is 1.79. The Balaban J connectivity index is 1.83. The van der Waals surface area contributed by atoms with E-state index in [1.807, 2.05) is 38.1 Å². The number of fused-ring (bicyclic) bond motifs is 1. The lowest BCUT2D eigenvalue weighted by molar-refractivity contribution is 0.0950. The second kappa shape index (κ2) is 6.34. The standard InChI is InChI=1S/C17H17N3O2S/c1-10-15(17(21)19-9-14-8-18-11(2)23-14)6-12-4-5-13(22-3)7-16(12)20-10/h4-8H,9H2,1-3H3,(H,19,21). The molecule has 0 aliphatic heterocycles. The fourth-order valence-electron chi connectivity index (χ4n) is 2.35. The molecule has 0 spiro atoms. The average molecular weight is 327 g/mol. The molecule has 5 nitrogen and oxygen atoms in total. The van der Waals surface area contributed by atoms with E-state index in [-0.39, 0.29) is 5.91 Å². The molecule has 2 heterocycles. The molecule has 1 amide bonds. The maximum absolute atomic E-state index is 12.4. The van der Waals surface area contributed by atoms with E-state index in [4.69, 9.17) is 4.74 Å². The molecule has 3 rings (SSSR count). The molecule has 2 aromatic heterocycles. The zero-order valence-electron chi connectivity index (χ0n) is 13.2. The van der Waals surface area contributed by atoms with Crippen molar-refractivity contribution >= 4 is 28.1 Å². The Morgan fingerprint density at radius 1 is 1.30 bits per heavy atom. The van der Waals surface area contributed by atoms with E-state index in [0.717, 1.165) is 26.5 Å². The topological polar surface area (TPSA) is 64.1 Å². The number of nitrogens with one attached hydrogen (secondary N) is 1. The van der Waals surface area contributed by atoms with Crippen LogP contribution in [0.1, 0.15) is 25.9 Å². The molecule has 0 atom stereocenters. The molecule has 0 aliphatic carbocycles. The Labute approximate surface area is 138 Å². The lowest BCUT2D eigenvalue weighted by Gasteiger charge is -2.09. The van der Waals surface area contributed by atoms with Crippen LogP contribution >= 0.6 is 11.3 Å². The summed E-state index contributed by atoms with van der Waals surface area (Å²) < 4.78 is 5.21. The number of carbonyl (C=O) groups is 1. The van der Waals surface area contributed by atoms with Gasteiger partial charge in [-0.1, -0.05) is 0 Å². The van der Waals surface area contributed by atoms with Crippen molar-refractivity contribution in [1.29, 1.82) is 0 Å². The molecule has 0 unspecified atom stereocenters. The number of amides is 1. The van der Waals surface area contributed by atoms with Gasteiger partial charge in [0.2, 0.25) is 0 Å². The molecule has 0 bridgehead atoms. The first-order chi connectivity index (χ1) is 11.1.